The number of nitrogens with zero attached hydrogens (tertiary/aromatic N) is 2. The number of allylic oxidation sites excluding steroid dienone is 3. The van der Waals surface area contributed by atoms with E-state index in [1.165, 1.54) is 11.0 Å². The number of carbonyl (C=O) groups excluding carboxylic acids is 4. The van der Waals surface area contributed by atoms with Crippen LogP contribution in [0.3, 0.4) is 0 Å². The molecule has 2 aliphatic carbocycles. The summed E-state index contributed by atoms with van der Waals surface area (Å²) in [6, 6.07) is 24.3. The van der Waals surface area contributed by atoms with Gasteiger partial charge >= 0.3 is 0 Å². The van der Waals surface area contributed by atoms with E-state index < -0.39 is 46.8 Å². The van der Waals surface area contributed by atoms with Crippen LogP contribution in [0.2, 0.25) is 10.0 Å². The zero-order valence-electron chi connectivity index (χ0n) is 29.0. The van der Waals surface area contributed by atoms with Gasteiger partial charge in [-0.25, -0.2) is 0 Å². The molecule has 54 heavy (non-hydrogen) atoms. The molecule has 0 spiro atoms. The molecule has 4 aromatic rings. The number of methoxy groups -OCH3 is 1. The first kappa shape index (κ1) is 36.3. The monoisotopic (exact) mass is 873 g/mol. The predicted molar refractivity (Wildman–Crippen MR) is 214 cm³/mol. The Morgan fingerprint density at radius 2 is 1.70 bits per heavy atom. The number of carbonyl (C=O) groups is 4. The molecule has 2 saturated heterocycles. The number of amides is 4. The number of phenols is 1. The van der Waals surface area contributed by atoms with E-state index in [1.807, 2.05) is 24.3 Å². The molecule has 0 unspecified atom stereocenters. The topological polar surface area (TPSA) is 116 Å². The van der Waals surface area contributed by atoms with Crippen molar-refractivity contribution in [2.24, 2.45) is 23.7 Å². The second-order valence-electron chi connectivity index (χ2n) is 14.0. The van der Waals surface area contributed by atoms with E-state index in [-0.39, 0.29) is 35.4 Å². The molecule has 0 aromatic heterocycles. The first-order valence-corrected chi connectivity index (χ1v) is 19.3. The van der Waals surface area contributed by atoms with Gasteiger partial charge < -0.3 is 9.84 Å². The molecule has 0 radical (unpaired) electrons. The maximum atomic E-state index is 15.5. The van der Waals surface area contributed by atoms with Crippen LogP contribution in [0.15, 0.2) is 109 Å². The van der Waals surface area contributed by atoms with Crippen LogP contribution in [0.5, 0.6) is 11.5 Å². The van der Waals surface area contributed by atoms with Crippen molar-refractivity contribution in [3.63, 3.8) is 0 Å². The molecular weight excluding hydrogens is 840 g/mol. The lowest BCUT2D eigenvalue weighted by Gasteiger charge is -2.50. The molecule has 0 bridgehead atoms. The second-order valence-corrected chi connectivity index (χ2v) is 16.1. The highest BCUT2D eigenvalue weighted by molar-refractivity contribution is 14.1. The van der Waals surface area contributed by atoms with Crippen LogP contribution in [-0.4, -0.2) is 40.9 Å². The molecule has 12 heteroatoms. The molecule has 9 nitrogen and oxygen atoms in total. The second kappa shape index (κ2) is 13.9. The zero-order chi connectivity index (χ0) is 38.1. The Morgan fingerprint density at radius 1 is 0.963 bits per heavy atom. The molecule has 2 aliphatic heterocycles. The summed E-state index contributed by atoms with van der Waals surface area (Å²) in [5.41, 5.74) is 4.47. The molecule has 4 aromatic carbocycles. The number of aromatic hydroxyl groups is 1. The van der Waals surface area contributed by atoms with Crippen molar-refractivity contribution < 1.29 is 29.0 Å². The van der Waals surface area contributed by atoms with Gasteiger partial charge in [0.1, 0.15) is 11.5 Å². The molecule has 3 fully saturated rings. The van der Waals surface area contributed by atoms with Crippen LogP contribution >= 0.6 is 45.8 Å². The average molecular weight is 875 g/mol. The number of hydrogen-bond acceptors (Lipinski definition) is 7. The number of hydrogen-bond donors (Lipinski definition) is 2. The van der Waals surface area contributed by atoms with Gasteiger partial charge in [0.25, 0.3) is 11.8 Å². The summed E-state index contributed by atoms with van der Waals surface area (Å²) in [5.74, 6) is -5.19. The van der Waals surface area contributed by atoms with Gasteiger partial charge in [0.15, 0.2) is 0 Å². The number of phenolic OH excluding ortho intramolecular Hbond substituents is 1. The van der Waals surface area contributed by atoms with Gasteiger partial charge in [-0.3, -0.25) is 29.5 Å². The number of para-hydroxylation sites is 1. The molecular formula is C42H34Cl2IN3O6. The molecule has 4 amide bonds. The van der Waals surface area contributed by atoms with Gasteiger partial charge in [0.2, 0.25) is 11.8 Å². The Morgan fingerprint density at radius 3 is 2.39 bits per heavy atom. The fourth-order valence-corrected chi connectivity index (χ4v) is 10.0. The first-order chi connectivity index (χ1) is 26.0. The lowest BCUT2D eigenvalue weighted by atomic mass is 9.49. The molecule has 4 aliphatic rings. The third-order valence-electron chi connectivity index (χ3n) is 11.5. The number of halogens is 3. The Hall–Kier alpha value is -4.65. The third-order valence-corrected chi connectivity index (χ3v) is 12.8. The molecule has 8 rings (SSSR count). The highest BCUT2D eigenvalue weighted by Gasteiger charge is 2.70. The van der Waals surface area contributed by atoms with Crippen molar-refractivity contribution in [2.75, 3.05) is 17.4 Å². The van der Waals surface area contributed by atoms with Gasteiger partial charge in [-0.15, -0.1) is 6.58 Å². The minimum atomic E-state index is -1.60. The van der Waals surface area contributed by atoms with Crippen LogP contribution in [0.1, 0.15) is 35.4 Å². The predicted octanol–water partition coefficient (Wildman–Crippen LogP) is 8.23. The van der Waals surface area contributed by atoms with E-state index in [9.17, 15) is 19.5 Å². The fraction of sp³-hybridized carbons (Fsp3) is 0.238. The minimum Gasteiger partial charge on any atom is -0.507 e. The number of hydrazine groups is 1. The van der Waals surface area contributed by atoms with Crippen molar-refractivity contribution in [1.82, 2.24) is 5.01 Å². The molecule has 2 N–H and O–H groups in total. The summed E-state index contributed by atoms with van der Waals surface area (Å²) in [6.07, 6.45) is 4.34. The summed E-state index contributed by atoms with van der Waals surface area (Å²) >= 11 is 14.9. The Kier molecular flexibility index (Phi) is 9.34. The van der Waals surface area contributed by atoms with Gasteiger partial charge in [0.05, 0.1) is 46.7 Å². The summed E-state index contributed by atoms with van der Waals surface area (Å²) in [5, 5.41) is 13.6. The third kappa shape index (κ3) is 5.47. The summed E-state index contributed by atoms with van der Waals surface area (Å²) in [7, 11) is 1.54. The zero-order valence-corrected chi connectivity index (χ0v) is 32.6. The quantitative estimate of drug-likeness (QED) is 0.104. The normalized spacial score (nSPS) is 25.9. The number of fused-ring (bicyclic) bond motifs is 4. The van der Waals surface area contributed by atoms with E-state index in [1.54, 1.807) is 73.8 Å². The maximum absolute atomic E-state index is 15.5. The van der Waals surface area contributed by atoms with Crippen molar-refractivity contribution in [1.29, 1.82) is 0 Å². The van der Waals surface area contributed by atoms with Gasteiger partial charge in [0, 0.05) is 20.1 Å². The van der Waals surface area contributed by atoms with E-state index in [4.69, 9.17) is 27.9 Å². The van der Waals surface area contributed by atoms with E-state index in [0.717, 1.165) is 14.2 Å². The summed E-state index contributed by atoms with van der Waals surface area (Å²) in [4.78, 5) is 60.4. The van der Waals surface area contributed by atoms with Crippen molar-refractivity contribution in [3.05, 3.63) is 140 Å². The Labute approximate surface area is 335 Å². The number of ether oxygens (including phenoxy) is 1. The minimum absolute atomic E-state index is 0.0283. The lowest BCUT2D eigenvalue weighted by molar-refractivity contribution is -0.138. The van der Waals surface area contributed by atoms with Crippen molar-refractivity contribution >= 4 is 80.8 Å². The van der Waals surface area contributed by atoms with E-state index in [2.05, 4.69) is 34.6 Å². The standard InChI is InChI=1S/C42H34Cl2IN3O6/c1-3-5-22-6-4-7-30(37(22)49)36-28-17-18-29-35(40(52)47(38(29)50)26-13-11-25(45)12-14-26)31(28)21-32-39(51)48(46-34-19-10-24(43)20-33(34)44)41(53)42(32,36)23-8-15-27(54-2)16-9-23/h3-4,6-17,19-20,29,31-32,35-36,46,49H,1,5,18,21H2,2H3/t29-,31+,32-,35-,36+,42+/m0/s1. The number of benzene rings is 4. The number of imide groups is 2. The van der Waals surface area contributed by atoms with Gasteiger partial charge in [-0.1, -0.05) is 71.3 Å². The van der Waals surface area contributed by atoms with Crippen LogP contribution < -0.4 is 15.1 Å². The van der Waals surface area contributed by atoms with Gasteiger partial charge in [-0.2, -0.15) is 5.01 Å². The SMILES string of the molecule is C=CCc1cccc([C@H]2C3=CC[C@@H]4C(=O)N(c5ccc(I)cc5)C(=O)[C@@H]4[C@@H]3C[C@H]3C(=O)N(Nc4ccc(Cl)cc4Cl)C(=O)[C@@]23c2ccc(OC)cc2)c1O. The van der Waals surface area contributed by atoms with E-state index in [0.29, 0.717) is 45.3 Å². The van der Waals surface area contributed by atoms with Crippen LogP contribution in [0.4, 0.5) is 11.4 Å². The Bertz CT molecular complexity index is 2280. The number of rotatable bonds is 8. The molecule has 1 saturated carbocycles. The van der Waals surface area contributed by atoms with Crippen LogP contribution in [-0.2, 0) is 31.0 Å². The smallest absolute Gasteiger partial charge is 0.260 e. The molecule has 6 atom stereocenters. The van der Waals surface area contributed by atoms with Crippen LogP contribution in [0, 0.1) is 27.2 Å². The van der Waals surface area contributed by atoms with Gasteiger partial charge in [-0.05, 0) is 113 Å². The first-order valence-electron chi connectivity index (χ1n) is 17.5. The lowest BCUT2D eigenvalue weighted by Crippen LogP contribution is -2.53. The van der Waals surface area contributed by atoms with E-state index >= 15 is 4.79 Å². The summed E-state index contributed by atoms with van der Waals surface area (Å²) < 4.78 is 6.44. The molecule has 2 heterocycles. The fourth-order valence-electron chi connectivity index (χ4n) is 9.20. The summed E-state index contributed by atoms with van der Waals surface area (Å²) in [6.45, 7) is 3.87. The molecule has 274 valence electrons. The largest absolute Gasteiger partial charge is 0.507 e. The Balaban J connectivity index is 1.35. The maximum Gasteiger partial charge on any atom is 0.260 e. The van der Waals surface area contributed by atoms with Crippen LogP contribution in [0.25, 0.3) is 0 Å². The number of nitrogens with one attached hydrogen (secondary N) is 1. The van der Waals surface area contributed by atoms with Crippen molar-refractivity contribution in [3.8, 4) is 11.5 Å². The average Bonchev–Trinajstić information content (AvgIpc) is 3.55. The van der Waals surface area contributed by atoms with Crippen molar-refractivity contribution in [2.45, 2.75) is 30.6 Å². The highest BCUT2D eigenvalue weighted by Crippen LogP contribution is 2.65. The number of anilines is 2. The highest BCUT2D eigenvalue weighted by atomic mass is 127.